The average Bonchev–Trinajstić information content (AvgIpc) is 3.12. The number of nitro benzene ring substituents is 1. The molecule has 1 aliphatic rings. The zero-order chi connectivity index (χ0) is 22.9. The highest BCUT2D eigenvalue weighted by Crippen LogP contribution is 2.38. The van der Waals surface area contributed by atoms with E-state index in [1.807, 2.05) is 0 Å². The number of non-ortho nitro benzene ring substituents is 1. The van der Waals surface area contributed by atoms with Crippen LogP contribution in [-0.4, -0.2) is 40.8 Å². The Morgan fingerprint density at radius 2 is 1.84 bits per heavy atom. The van der Waals surface area contributed by atoms with Crippen molar-refractivity contribution >= 4 is 38.0 Å². The Hall–Kier alpha value is -3.31. The molecule has 3 aromatic rings. The first-order chi connectivity index (χ1) is 15.3. The molecule has 1 heterocycles. The van der Waals surface area contributed by atoms with Gasteiger partial charge in [-0.1, -0.05) is 37.5 Å². The van der Waals surface area contributed by atoms with Crippen molar-refractivity contribution in [1.82, 2.24) is 9.29 Å². The highest BCUT2D eigenvalue weighted by atomic mass is 32.2. The third-order valence-corrected chi connectivity index (χ3v) is 7.76. The molecule has 1 fully saturated rings. The lowest BCUT2D eigenvalue weighted by Gasteiger charge is -2.30. The van der Waals surface area contributed by atoms with E-state index < -0.39 is 14.9 Å². The number of fused-ring (bicyclic) bond motifs is 1. The normalized spacial score (nSPS) is 15.7. The van der Waals surface area contributed by atoms with Crippen LogP contribution in [0.25, 0.3) is 10.9 Å². The van der Waals surface area contributed by atoms with Crippen molar-refractivity contribution in [2.45, 2.75) is 43.0 Å². The second-order valence-corrected chi connectivity index (χ2v) is 9.76. The molecule has 32 heavy (non-hydrogen) atoms. The Labute approximate surface area is 184 Å². The van der Waals surface area contributed by atoms with Crippen LogP contribution in [0, 0.1) is 10.1 Å². The Kier molecular flexibility index (Phi) is 5.94. The van der Waals surface area contributed by atoms with Crippen LogP contribution >= 0.6 is 0 Å². The molecule has 1 aliphatic carbocycles. The minimum absolute atomic E-state index is 0.0389. The van der Waals surface area contributed by atoms with Crippen LogP contribution in [0.3, 0.4) is 0 Å². The minimum Gasteiger partial charge on any atom is -0.493 e. The minimum atomic E-state index is -4.06. The van der Waals surface area contributed by atoms with E-state index in [0.717, 1.165) is 38.2 Å². The first kappa shape index (κ1) is 21.9. The molecule has 1 aromatic heterocycles. The van der Waals surface area contributed by atoms with Gasteiger partial charge in [0.05, 0.1) is 10.4 Å². The SMILES string of the molecule is CN(C1CCCCC1)S(=O)(=O)c1cc([N+](=O)[O-])ccc1N=Nc1c(O)[nH]c2ccccc12. The summed E-state index contributed by atoms with van der Waals surface area (Å²) < 4.78 is 28.1. The van der Waals surface area contributed by atoms with Crippen molar-refractivity contribution < 1.29 is 18.4 Å². The molecular weight excluding hydrogens is 434 g/mol. The second kappa shape index (κ2) is 8.67. The zero-order valence-corrected chi connectivity index (χ0v) is 18.2. The number of aromatic hydroxyl groups is 1. The standard InChI is InChI=1S/C21H23N5O5S/c1-25(14-7-3-2-4-8-14)32(30,31)19-13-15(26(28)29)11-12-18(19)23-24-20-16-9-5-6-10-17(16)22-21(20)27/h5-6,9-14,22,27H,2-4,7-8H2,1H3. The van der Waals surface area contributed by atoms with Crippen molar-refractivity contribution in [3.05, 3.63) is 52.6 Å². The number of hydrogen-bond acceptors (Lipinski definition) is 7. The van der Waals surface area contributed by atoms with Crippen molar-refractivity contribution in [1.29, 1.82) is 0 Å². The molecule has 11 heteroatoms. The van der Waals surface area contributed by atoms with Gasteiger partial charge in [0.2, 0.25) is 15.9 Å². The Morgan fingerprint density at radius 3 is 2.56 bits per heavy atom. The summed E-state index contributed by atoms with van der Waals surface area (Å²) in [4.78, 5) is 13.1. The summed E-state index contributed by atoms with van der Waals surface area (Å²) in [6.07, 6.45) is 4.42. The fourth-order valence-electron chi connectivity index (χ4n) is 4.02. The molecule has 0 aliphatic heterocycles. The largest absolute Gasteiger partial charge is 0.493 e. The van der Waals surface area contributed by atoms with Gasteiger partial charge in [-0.05, 0) is 25.0 Å². The highest BCUT2D eigenvalue weighted by molar-refractivity contribution is 7.89. The third-order valence-electron chi connectivity index (χ3n) is 5.82. The summed E-state index contributed by atoms with van der Waals surface area (Å²) in [7, 11) is -2.57. The molecule has 0 radical (unpaired) electrons. The van der Waals surface area contributed by atoms with Crippen LogP contribution in [0.2, 0.25) is 0 Å². The Balaban J connectivity index is 1.78. The van der Waals surface area contributed by atoms with Crippen LogP contribution in [-0.2, 0) is 10.0 Å². The fraction of sp³-hybridized carbons (Fsp3) is 0.333. The number of nitrogens with one attached hydrogen (secondary N) is 1. The van der Waals surface area contributed by atoms with Gasteiger partial charge >= 0.3 is 0 Å². The number of hydrogen-bond donors (Lipinski definition) is 2. The smallest absolute Gasteiger partial charge is 0.270 e. The number of azo groups is 1. The molecule has 0 saturated heterocycles. The summed E-state index contributed by atoms with van der Waals surface area (Å²) in [5.74, 6) is -0.208. The fourth-order valence-corrected chi connectivity index (χ4v) is 5.58. The van der Waals surface area contributed by atoms with Crippen molar-refractivity contribution in [3.63, 3.8) is 0 Å². The van der Waals surface area contributed by atoms with E-state index in [-0.39, 0.29) is 33.9 Å². The molecule has 0 amide bonds. The molecular formula is C21H23N5O5S. The van der Waals surface area contributed by atoms with Crippen LogP contribution < -0.4 is 0 Å². The molecule has 10 nitrogen and oxygen atoms in total. The van der Waals surface area contributed by atoms with E-state index in [4.69, 9.17) is 0 Å². The molecule has 0 atom stereocenters. The zero-order valence-electron chi connectivity index (χ0n) is 17.4. The van der Waals surface area contributed by atoms with Gasteiger partial charge in [0.25, 0.3) is 5.69 Å². The van der Waals surface area contributed by atoms with E-state index in [1.54, 1.807) is 24.3 Å². The number of benzene rings is 2. The molecule has 0 unspecified atom stereocenters. The summed E-state index contributed by atoms with van der Waals surface area (Å²) >= 11 is 0. The lowest BCUT2D eigenvalue weighted by molar-refractivity contribution is -0.385. The Bertz CT molecular complexity index is 1300. The predicted octanol–water partition coefficient (Wildman–Crippen LogP) is 5.15. The average molecular weight is 458 g/mol. The van der Waals surface area contributed by atoms with Crippen LogP contribution in [0.4, 0.5) is 17.1 Å². The summed E-state index contributed by atoms with van der Waals surface area (Å²) in [5.41, 5.74) is 0.410. The number of rotatable bonds is 6. The molecule has 0 bridgehead atoms. The molecule has 168 valence electrons. The predicted molar refractivity (Wildman–Crippen MR) is 119 cm³/mol. The maximum atomic E-state index is 13.4. The van der Waals surface area contributed by atoms with Crippen LogP contribution in [0.1, 0.15) is 32.1 Å². The highest BCUT2D eigenvalue weighted by Gasteiger charge is 2.32. The summed E-state index contributed by atoms with van der Waals surface area (Å²) in [6, 6.07) is 10.3. The first-order valence-corrected chi connectivity index (χ1v) is 11.7. The number of para-hydroxylation sites is 1. The van der Waals surface area contributed by atoms with Crippen molar-refractivity contribution in [2.75, 3.05) is 7.05 Å². The van der Waals surface area contributed by atoms with E-state index in [9.17, 15) is 23.6 Å². The van der Waals surface area contributed by atoms with E-state index in [1.165, 1.54) is 23.5 Å². The lowest BCUT2D eigenvalue weighted by atomic mass is 9.96. The maximum absolute atomic E-state index is 13.4. The summed E-state index contributed by atoms with van der Waals surface area (Å²) in [5, 5.41) is 30.3. The van der Waals surface area contributed by atoms with Crippen LogP contribution in [0.15, 0.2) is 57.6 Å². The van der Waals surface area contributed by atoms with E-state index >= 15 is 0 Å². The number of H-pyrrole nitrogens is 1. The van der Waals surface area contributed by atoms with Crippen molar-refractivity contribution in [2.24, 2.45) is 10.2 Å². The van der Waals surface area contributed by atoms with Crippen LogP contribution in [0.5, 0.6) is 5.88 Å². The topological polar surface area (TPSA) is 141 Å². The molecule has 1 saturated carbocycles. The van der Waals surface area contributed by atoms with E-state index in [2.05, 4.69) is 15.2 Å². The van der Waals surface area contributed by atoms with Gasteiger partial charge in [0.1, 0.15) is 10.6 Å². The van der Waals surface area contributed by atoms with Gasteiger partial charge in [-0.25, -0.2) is 8.42 Å². The van der Waals surface area contributed by atoms with E-state index in [0.29, 0.717) is 10.9 Å². The van der Waals surface area contributed by atoms with Gasteiger partial charge in [-0.2, -0.15) is 4.31 Å². The second-order valence-electron chi connectivity index (χ2n) is 7.79. The number of nitro groups is 1. The summed E-state index contributed by atoms with van der Waals surface area (Å²) in [6.45, 7) is 0. The quantitative estimate of drug-likeness (QED) is 0.299. The third kappa shape index (κ3) is 4.08. The molecule has 2 N–H and O–H groups in total. The number of sulfonamides is 1. The van der Waals surface area contributed by atoms with Gasteiger partial charge in [-0.3, -0.25) is 10.1 Å². The Morgan fingerprint density at radius 1 is 1.12 bits per heavy atom. The lowest BCUT2D eigenvalue weighted by Crippen LogP contribution is -2.38. The van der Waals surface area contributed by atoms with Gasteiger partial charge in [0, 0.05) is 30.6 Å². The number of aromatic nitrogens is 1. The maximum Gasteiger partial charge on any atom is 0.270 e. The van der Waals surface area contributed by atoms with Gasteiger partial charge < -0.3 is 10.1 Å². The number of aromatic amines is 1. The monoisotopic (exact) mass is 457 g/mol. The van der Waals surface area contributed by atoms with Gasteiger partial charge in [-0.15, -0.1) is 10.2 Å². The van der Waals surface area contributed by atoms with Crippen molar-refractivity contribution in [3.8, 4) is 5.88 Å². The number of nitrogens with zero attached hydrogens (tertiary/aromatic N) is 4. The molecule has 2 aromatic carbocycles. The molecule has 0 spiro atoms. The van der Waals surface area contributed by atoms with Gasteiger partial charge in [0.15, 0.2) is 5.69 Å². The molecule has 4 rings (SSSR count). The first-order valence-electron chi connectivity index (χ1n) is 10.3.